The van der Waals surface area contributed by atoms with Crippen molar-refractivity contribution in [2.45, 2.75) is 33.1 Å². The first-order valence-electron chi connectivity index (χ1n) is 6.21. The van der Waals surface area contributed by atoms with Gasteiger partial charge in [0, 0.05) is 11.6 Å². The quantitative estimate of drug-likeness (QED) is 0.484. The summed E-state index contributed by atoms with van der Waals surface area (Å²) in [5.74, 6) is -0.536. The first-order chi connectivity index (χ1) is 9.38. The number of benzene rings is 1. The highest BCUT2D eigenvalue weighted by atomic mass is 16.6. The smallest absolute Gasteiger partial charge is 0.318 e. The second-order valence-electron chi connectivity index (χ2n) is 4.40. The van der Waals surface area contributed by atoms with E-state index in [9.17, 15) is 25.3 Å². The van der Waals surface area contributed by atoms with Crippen molar-refractivity contribution in [1.82, 2.24) is 0 Å². The molecule has 0 saturated heterocycles. The number of phenols is 1. The largest absolute Gasteiger partial charge is 0.502 e. The van der Waals surface area contributed by atoms with E-state index >= 15 is 0 Å². The third-order valence-corrected chi connectivity index (χ3v) is 2.92. The molecule has 0 aliphatic heterocycles. The molecule has 0 fully saturated rings. The number of hydrogen-bond donors (Lipinski definition) is 1. The maximum absolute atomic E-state index is 10.8. The third kappa shape index (κ3) is 3.53. The number of non-ortho nitro benzene ring substituents is 1. The molecule has 0 spiro atoms. The number of nitrogens with zero attached hydrogens (tertiary/aromatic N) is 2. The summed E-state index contributed by atoms with van der Waals surface area (Å²) in [6.45, 7) is 3.69. The average Bonchev–Trinajstić information content (AvgIpc) is 2.38. The number of allylic oxidation sites excluding steroid dienone is 2. The topological polar surface area (TPSA) is 107 Å². The Bertz CT molecular complexity index is 566. The van der Waals surface area contributed by atoms with Gasteiger partial charge in [0.25, 0.3) is 5.69 Å². The SMILES string of the molecule is CCCC/C=C(/C)c1cc([N+](=O)[O-])cc([N+](=O)[O-])c1O. The summed E-state index contributed by atoms with van der Waals surface area (Å²) in [6, 6.07) is 1.91. The summed E-state index contributed by atoms with van der Waals surface area (Å²) in [5, 5.41) is 31.5. The lowest BCUT2D eigenvalue weighted by molar-refractivity contribution is -0.394. The van der Waals surface area contributed by atoms with Crippen LogP contribution in [-0.2, 0) is 0 Å². The number of rotatable bonds is 6. The molecule has 0 aromatic heterocycles. The summed E-state index contributed by atoms with van der Waals surface area (Å²) in [7, 11) is 0. The Morgan fingerprint density at radius 3 is 2.45 bits per heavy atom. The Balaban J connectivity index is 3.33. The van der Waals surface area contributed by atoms with Gasteiger partial charge in [-0.1, -0.05) is 25.8 Å². The fourth-order valence-corrected chi connectivity index (χ4v) is 1.78. The lowest BCUT2D eigenvalue weighted by Gasteiger charge is -2.06. The van der Waals surface area contributed by atoms with Crippen molar-refractivity contribution in [3.63, 3.8) is 0 Å². The normalized spacial score (nSPS) is 11.4. The van der Waals surface area contributed by atoms with Gasteiger partial charge >= 0.3 is 5.69 Å². The molecule has 1 aromatic carbocycles. The molecule has 1 N–H and O–H groups in total. The molecule has 7 heteroatoms. The van der Waals surface area contributed by atoms with Crippen LogP contribution in [0.1, 0.15) is 38.7 Å². The Labute approximate surface area is 115 Å². The van der Waals surface area contributed by atoms with Crippen molar-refractivity contribution in [2.75, 3.05) is 0 Å². The van der Waals surface area contributed by atoms with Crippen molar-refractivity contribution < 1.29 is 15.0 Å². The van der Waals surface area contributed by atoms with Crippen LogP contribution in [-0.4, -0.2) is 15.0 Å². The number of aromatic hydroxyl groups is 1. The lowest BCUT2D eigenvalue weighted by Crippen LogP contribution is -1.96. The number of nitro benzene ring substituents is 2. The molecular weight excluding hydrogens is 264 g/mol. The summed E-state index contributed by atoms with van der Waals surface area (Å²) < 4.78 is 0. The third-order valence-electron chi connectivity index (χ3n) is 2.92. The van der Waals surface area contributed by atoms with Gasteiger partial charge in [-0.15, -0.1) is 0 Å². The van der Waals surface area contributed by atoms with E-state index in [1.807, 2.05) is 13.0 Å². The number of nitro groups is 2. The van der Waals surface area contributed by atoms with Gasteiger partial charge in [-0.05, 0) is 18.9 Å². The Hall–Kier alpha value is -2.44. The maximum atomic E-state index is 10.8. The fraction of sp³-hybridized carbons (Fsp3) is 0.385. The summed E-state index contributed by atoms with van der Waals surface area (Å²) in [5.41, 5.74) is -0.352. The average molecular weight is 280 g/mol. The van der Waals surface area contributed by atoms with Crippen LogP contribution in [0.5, 0.6) is 5.75 Å². The van der Waals surface area contributed by atoms with Crippen LogP contribution in [0.3, 0.4) is 0 Å². The molecule has 0 amide bonds. The number of phenolic OH excluding ortho intramolecular Hbond substituents is 1. The van der Waals surface area contributed by atoms with Crippen molar-refractivity contribution in [3.8, 4) is 5.75 Å². The molecule has 0 aliphatic carbocycles. The van der Waals surface area contributed by atoms with Gasteiger partial charge in [-0.2, -0.15) is 0 Å². The van der Waals surface area contributed by atoms with E-state index in [-0.39, 0.29) is 5.56 Å². The molecule has 20 heavy (non-hydrogen) atoms. The van der Waals surface area contributed by atoms with E-state index in [2.05, 4.69) is 0 Å². The van der Waals surface area contributed by atoms with Crippen molar-refractivity contribution in [2.24, 2.45) is 0 Å². The monoisotopic (exact) mass is 280 g/mol. The first kappa shape index (κ1) is 15.6. The molecule has 0 heterocycles. The van der Waals surface area contributed by atoms with Crippen LogP contribution in [0, 0.1) is 20.2 Å². The Kier molecular flexibility index (Phi) is 5.19. The molecular formula is C13H16N2O5. The number of hydrogen-bond acceptors (Lipinski definition) is 5. The van der Waals surface area contributed by atoms with Crippen LogP contribution in [0.4, 0.5) is 11.4 Å². The predicted molar refractivity (Wildman–Crippen MR) is 74.6 cm³/mol. The zero-order valence-corrected chi connectivity index (χ0v) is 11.3. The minimum atomic E-state index is -0.828. The van der Waals surface area contributed by atoms with Crippen LogP contribution in [0.15, 0.2) is 18.2 Å². The van der Waals surface area contributed by atoms with Crippen molar-refractivity contribution in [3.05, 3.63) is 44.0 Å². The van der Waals surface area contributed by atoms with E-state index < -0.39 is 27.0 Å². The summed E-state index contributed by atoms with van der Waals surface area (Å²) >= 11 is 0. The van der Waals surface area contributed by atoms with Gasteiger partial charge in [0.2, 0.25) is 5.75 Å². The van der Waals surface area contributed by atoms with E-state index in [1.165, 1.54) is 0 Å². The van der Waals surface area contributed by atoms with Crippen LogP contribution in [0.2, 0.25) is 0 Å². The van der Waals surface area contributed by atoms with E-state index in [0.717, 1.165) is 31.4 Å². The van der Waals surface area contributed by atoms with Crippen molar-refractivity contribution in [1.29, 1.82) is 0 Å². The van der Waals surface area contributed by atoms with E-state index in [4.69, 9.17) is 0 Å². The number of unbranched alkanes of at least 4 members (excludes halogenated alkanes) is 2. The molecule has 1 rings (SSSR count). The highest BCUT2D eigenvalue weighted by molar-refractivity contribution is 5.75. The van der Waals surface area contributed by atoms with Gasteiger partial charge < -0.3 is 5.11 Å². The van der Waals surface area contributed by atoms with Crippen LogP contribution >= 0.6 is 0 Å². The van der Waals surface area contributed by atoms with Gasteiger partial charge in [-0.25, -0.2) is 0 Å². The second-order valence-corrected chi connectivity index (χ2v) is 4.40. The Morgan fingerprint density at radius 1 is 1.30 bits per heavy atom. The molecule has 7 nitrogen and oxygen atoms in total. The maximum Gasteiger partial charge on any atom is 0.318 e. The van der Waals surface area contributed by atoms with E-state index in [0.29, 0.717) is 5.57 Å². The molecule has 108 valence electrons. The minimum absolute atomic E-state index is 0.127. The van der Waals surface area contributed by atoms with Gasteiger partial charge in [0.15, 0.2) is 0 Å². The van der Waals surface area contributed by atoms with Crippen LogP contribution in [0.25, 0.3) is 5.57 Å². The summed E-state index contributed by atoms with van der Waals surface area (Å²) in [4.78, 5) is 20.1. The van der Waals surface area contributed by atoms with Gasteiger partial charge in [0.05, 0.1) is 15.9 Å². The zero-order valence-electron chi connectivity index (χ0n) is 11.3. The highest BCUT2D eigenvalue weighted by Crippen LogP contribution is 2.37. The van der Waals surface area contributed by atoms with Crippen LogP contribution < -0.4 is 0 Å². The molecule has 1 aromatic rings. The minimum Gasteiger partial charge on any atom is -0.502 e. The zero-order chi connectivity index (χ0) is 15.3. The predicted octanol–water partition coefficient (Wildman–Crippen LogP) is 3.80. The van der Waals surface area contributed by atoms with E-state index in [1.54, 1.807) is 6.92 Å². The Morgan fingerprint density at radius 2 is 1.95 bits per heavy atom. The molecule has 0 atom stereocenters. The molecule has 0 bridgehead atoms. The standard InChI is InChI=1S/C13H16N2O5/c1-3-4-5-6-9(2)11-7-10(14(17)18)8-12(13(11)16)15(19)20/h6-8,16H,3-5H2,1-2H3/b9-6-. The molecule has 0 unspecified atom stereocenters. The van der Waals surface area contributed by atoms with Crippen molar-refractivity contribution >= 4 is 16.9 Å². The van der Waals surface area contributed by atoms with Gasteiger partial charge in [0.1, 0.15) is 0 Å². The molecule has 0 radical (unpaired) electrons. The first-order valence-corrected chi connectivity index (χ1v) is 6.21. The fourth-order valence-electron chi connectivity index (χ4n) is 1.78. The summed E-state index contributed by atoms with van der Waals surface area (Å²) in [6.07, 6.45) is 4.49. The lowest BCUT2D eigenvalue weighted by atomic mass is 10.0. The molecule has 0 saturated carbocycles. The molecule has 0 aliphatic rings. The highest BCUT2D eigenvalue weighted by Gasteiger charge is 2.24. The second kappa shape index (κ2) is 6.65. The van der Waals surface area contributed by atoms with Gasteiger partial charge in [-0.3, -0.25) is 20.2 Å².